The van der Waals surface area contributed by atoms with E-state index in [1.54, 1.807) is 6.92 Å². The molecule has 0 saturated carbocycles. The Morgan fingerprint density at radius 2 is 2.00 bits per heavy atom. The molecule has 10 heteroatoms. The Balaban J connectivity index is 2.57. The second-order valence-corrected chi connectivity index (χ2v) is 5.82. The number of anilines is 2. The summed E-state index contributed by atoms with van der Waals surface area (Å²) >= 11 is 0. The molecule has 1 rings (SSSR count). The van der Waals surface area contributed by atoms with E-state index in [1.165, 1.54) is 0 Å². The normalized spacial score (nSPS) is 11.3. The summed E-state index contributed by atoms with van der Waals surface area (Å²) in [4.78, 5) is 11.7. The molecular weight excluding hydrogens is 284 g/mol. The Hall–Kier alpha value is -1.68. The summed E-state index contributed by atoms with van der Waals surface area (Å²) in [6, 6.07) is 0.122. The molecular formula is C10H20N6O3S. The van der Waals surface area contributed by atoms with E-state index in [2.05, 4.69) is 25.0 Å². The Morgan fingerprint density at radius 1 is 1.25 bits per heavy atom. The van der Waals surface area contributed by atoms with E-state index in [1.807, 2.05) is 6.92 Å². The first-order chi connectivity index (χ1) is 9.46. The smallest absolute Gasteiger partial charge is 0.323 e. The van der Waals surface area contributed by atoms with Crippen molar-refractivity contribution in [2.45, 2.75) is 20.3 Å². The standard InChI is InChI=1S/C10H20N6O3S/c1-3-6-19-10-15-8(11)14-9(16-10)12-5-7-20(17,18)13-4-2/h13H,3-7H2,1-2H3,(H3,11,12,14,15,16). The Morgan fingerprint density at radius 3 is 2.65 bits per heavy atom. The van der Waals surface area contributed by atoms with Crippen molar-refractivity contribution in [3.8, 4) is 6.01 Å². The molecule has 4 N–H and O–H groups in total. The average molecular weight is 304 g/mol. The largest absolute Gasteiger partial charge is 0.463 e. The van der Waals surface area contributed by atoms with Gasteiger partial charge in [-0.15, -0.1) is 0 Å². The predicted octanol–water partition coefficient (Wildman–Crippen LogP) is -0.406. The number of nitrogens with zero attached hydrogens (tertiary/aromatic N) is 3. The average Bonchev–Trinajstić information content (AvgIpc) is 2.35. The molecule has 1 aromatic heterocycles. The van der Waals surface area contributed by atoms with E-state index >= 15 is 0 Å². The number of hydrogen-bond donors (Lipinski definition) is 3. The van der Waals surface area contributed by atoms with Crippen LogP contribution in [0.3, 0.4) is 0 Å². The molecule has 1 aromatic rings. The SMILES string of the molecule is CCCOc1nc(N)nc(NCCS(=O)(=O)NCC)n1. The van der Waals surface area contributed by atoms with E-state index in [9.17, 15) is 8.42 Å². The number of aromatic nitrogens is 3. The van der Waals surface area contributed by atoms with Crippen molar-refractivity contribution in [1.82, 2.24) is 19.7 Å². The maximum atomic E-state index is 11.4. The second-order valence-electron chi connectivity index (χ2n) is 3.89. The summed E-state index contributed by atoms with van der Waals surface area (Å²) in [5.74, 6) is 0.121. The Bertz CT molecular complexity index is 522. The van der Waals surface area contributed by atoms with Crippen LogP contribution >= 0.6 is 0 Å². The third-order valence-electron chi connectivity index (χ3n) is 2.09. The van der Waals surface area contributed by atoms with Crippen LogP contribution in [-0.4, -0.2) is 48.8 Å². The van der Waals surface area contributed by atoms with Gasteiger partial charge >= 0.3 is 6.01 Å². The quantitative estimate of drug-likeness (QED) is 0.561. The third kappa shape index (κ3) is 5.97. The number of nitrogen functional groups attached to an aromatic ring is 1. The molecule has 0 aliphatic heterocycles. The molecule has 0 radical (unpaired) electrons. The number of nitrogens with two attached hydrogens (primary N) is 1. The lowest BCUT2D eigenvalue weighted by Gasteiger charge is -2.08. The highest BCUT2D eigenvalue weighted by atomic mass is 32.2. The number of hydrogen-bond acceptors (Lipinski definition) is 8. The molecule has 1 heterocycles. The molecule has 9 nitrogen and oxygen atoms in total. The molecule has 0 aromatic carbocycles. The van der Waals surface area contributed by atoms with Crippen molar-refractivity contribution in [1.29, 1.82) is 0 Å². The molecule has 0 unspecified atom stereocenters. The molecule has 0 fully saturated rings. The molecule has 20 heavy (non-hydrogen) atoms. The van der Waals surface area contributed by atoms with Gasteiger partial charge in [-0.25, -0.2) is 13.1 Å². The van der Waals surface area contributed by atoms with Crippen LogP contribution in [0, 0.1) is 0 Å². The van der Waals surface area contributed by atoms with Crippen molar-refractivity contribution in [3.05, 3.63) is 0 Å². The molecule has 0 saturated heterocycles. The van der Waals surface area contributed by atoms with Gasteiger partial charge in [0.1, 0.15) is 0 Å². The molecule has 0 amide bonds. The third-order valence-corrected chi connectivity index (χ3v) is 3.56. The first-order valence-electron chi connectivity index (χ1n) is 6.32. The minimum atomic E-state index is -3.28. The molecule has 0 aliphatic rings. The monoisotopic (exact) mass is 304 g/mol. The van der Waals surface area contributed by atoms with Gasteiger partial charge < -0.3 is 15.8 Å². The van der Waals surface area contributed by atoms with Crippen LogP contribution in [0.25, 0.3) is 0 Å². The van der Waals surface area contributed by atoms with Crippen LogP contribution in [0.1, 0.15) is 20.3 Å². The van der Waals surface area contributed by atoms with Crippen LogP contribution in [0.15, 0.2) is 0 Å². The van der Waals surface area contributed by atoms with E-state index in [-0.39, 0.29) is 30.2 Å². The van der Waals surface area contributed by atoms with Crippen molar-refractivity contribution in [2.24, 2.45) is 0 Å². The zero-order valence-corrected chi connectivity index (χ0v) is 12.4. The molecule has 0 bridgehead atoms. The van der Waals surface area contributed by atoms with Gasteiger partial charge in [-0.3, -0.25) is 0 Å². The van der Waals surface area contributed by atoms with Gasteiger partial charge in [0.25, 0.3) is 0 Å². The number of nitrogens with one attached hydrogen (secondary N) is 2. The highest BCUT2D eigenvalue weighted by Gasteiger charge is 2.09. The fourth-order valence-electron chi connectivity index (χ4n) is 1.30. The molecule has 0 spiro atoms. The lowest BCUT2D eigenvalue weighted by molar-refractivity contribution is 0.292. The molecule has 0 atom stereocenters. The van der Waals surface area contributed by atoms with Gasteiger partial charge in [0.05, 0.1) is 12.4 Å². The van der Waals surface area contributed by atoms with E-state index in [4.69, 9.17) is 10.5 Å². The minimum absolute atomic E-state index is 0.0168. The molecule has 114 valence electrons. The van der Waals surface area contributed by atoms with Crippen molar-refractivity contribution < 1.29 is 13.2 Å². The number of sulfonamides is 1. The number of rotatable bonds is 9. The van der Waals surface area contributed by atoms with E-state index in [0.717, 1.165) is 6.42 Å². The van der Waals surface area contributed by atoms with Crippen LogP contribution < -0.4 is 20.5 Å². The van der Waals surface area contributed by atoms with Crippen molar-refractivity contribution >= 4 is 21.9 Å². The molecule has 0 aliphatic carbocycles. The van der Waals surface area contributed by atoms with Gasteiger partial charge in [0.15, 0.2) is 0 Å². The zero-order valence-electron chi connectivity index (χ0n) is 11.6. The van der Waals surface area contributed by atoms with E-state index < -0.39 is 10.0 Å². The zero-order chi connectivity index (χ0) is 15.0. The lowest BCUT2D eigenvalue weighted by Crippen LogP contribution is -2.29. The second kappa shape index (κ2) is 7.80. The Kier molecular flexibility index (Phi) is 6.39. The summed E-state index contributed by atoms with van der Waals surface area (Å²) in [6.07, 6.45) is 0.815. The maximum Gasteiger partial charge on any atom is 0.323 e. The van der Waals surface area contributed by atoms with Gasteiger partial charge in [0, 0.05) is 13.1 Å². The van der Waals surface area contributed by atoms with Crippen LogP contribution in [-0.2, 0) is 10.0 Å². The Labute approximate surface area is 118 Å². The first kappa shape index (κ1) is 16.4. The lowest BCUT2D eigenvalue weighted by atomic mass is 10.5. The minimum Gasteiger partial charge on any atom is -0.463 e. The van der Waals surface area contributed by atoms with Crippen LogP contribution in [0.2, 0.25) is 0 Å². The van der Waals surface area contributed by atoms with Crippen molar-refractivity contribution in [3.63, 3.8) is 0 Å². The summed E-state index contributed by atoms with van der Waals surface area (Å²) in [6.45, 7) is 4.66. The topological polar surface area (TPSA) is 132 Å². The fraction of sp³-hybridized carbons (Fsp3) is 0.700. The van der Waals surface area contributed by atoms with Gasteiger partial charge in [-0.2, -0.15) is 15.0 Å². The summed E-state index contributed by atoms with van der Waals surface area (Å²) < 4.78 is 30.5. The van der Waals surface area contributed by atoms with Gasteiger partial charge in [-0.1, -0.05) is 13.8 Å². The first-order valence-corrected chi connectivity index (χ1v) is 7.97. The maximum absolute atomic E-state index is 11.4. The van der Waals surface area contributed by atoms with E-state index in [0.29, 0.717) is 13.2 Å². The number of ether oxygens (including phenoxy) is 1. The summed E-state index contributed by atoms with van der Waals surface area (Å²) in [5, 5.41) is 2.78. The van der Waals surface area contributed by atoms with Gasteiger partial charge in [-0.05, 0) is 6.42 Å². The fourth-order valence-corrected chi connectivity index (χ4v) is 2.25. The van der Waals surface area contributed by atoms with Crippen LogP contribution in [0.4, 0.5) is 11.9 Å². The van der Waals surface area contributed by atoms with Crippen LogP contribution in [0.5, 0.6) is 6.01 Å². The predicted molar refractivity (Wildman–Crippen MR) is 76.0 cm³/mol. The van der Waals surface area contributed by atoms with Gasteiger partial charge in [0.2, 0.25) is 21.9 Å². The highest BCUT2D eigenvalue weighted by Crippen LogP contribution is 2.08. The summed E-state index contributed by atoms with van der Waals surface area (Å²) in [7, 11) is -3.28. The summed E-state index contributed by atoms with van der Waals surface area (Å²) in [5.41, 5.74) is 5.52. The highest BCUT2D eigenvalue weighted by molar-refractivity contribution is 7.89. The van der Waals surface area contributed by atoms with Crippen molar-refractivity contribution in [2.75, 3.05) is 36.5 Å².